The van der Waals surface area contributed by atoms with Gasteiger partial charge >= 0.3 is 0 Å². The largest absolute Gasteiger partial charge is 0.761 e. The molecule has 2 aromatic carbocycles. The molecule has 0 heterocycles. The summed E-state index contributed by atoms with van der Waals surface area (Å²) in [5.41, 5.74) is 8.19. The first-order valence-corrected chi connectivity index (χ1v) is 16.1. The molecule has 230 valence electrons. The summed E-state index contributed by atoms with van der Waals surface area (Å²) in [6.45, 7) is 6.39. The van der Waals surface area contributed by atoms with Crippen LogP contribution < -0.4 is 21.4 Å². The number of allylic oxidation sites excluding steroid dienone is 1. The maximum atomic E-state index is 13.4. The first-order chi connectivity index (χ1) is 20.7. The number of carbonyl (C=O) groups excluding carboxylic acids is 2. The Hall–Kier alpha value is -3.30. The van der Waals surface area contributed by atoms with Gasteiger partial charge in [0.2, 0.25) is 5.91 Å². The molecule has 3 unspecified atom stereocenters. The van der Waals surface area contributed by atoms with Crippen molar-refractivity contribution in [2.24, 2.45) is 15.7 Å². The average Bonchev–Trinajstić information content (AvgIpc) is 3.69. The Labute approximate surface area is 260 Å². The molecule has 2 aromatic rings. The smallest absolute Gasteiger partial charge is 0.251 e. The number of anilines is 2. The number of benzene rings is 2. The average molecular weight is 603 g/mol. The molecule has 9 heteroatoms. The van der Waals surface area contributed by atoms with Gasteiger partial charge in [0.15, 0.2) is 0 Å². The van der Waals surface area contributed by atoms with E-state index < -0.39 is 5.41 Å². The molecular formula is C34H44N5O3S-. The van der Waals surface area contributed by atoms with Gasteiger partial charge in [0, 0.05) is 42.3 Å². The fourth-order valence-corrected chi connectivity index (χ4v) is 7.32. The topological polar surface area (TPSA) is 118 Å². The predicted octanol–water partition coefficient (Wildman–Crippen LogP) is 7.26. The third-order valence-electron chi connectivity index (χ3n) is 9.74. The van der Waals surface area contributed by atoms with Crippen molar-refractivity contribution in [2.45, 2.75) is 104 Å². The van der Waals surface area contributed by atoms with Crippen molar-refractivity contribution in [1.29, 1.82) is 0 Å². The minimum atomic E-state index is -0.541. The van der Waals surface area contributed by atoms with Crippen LogP contribution in [-0.2, 0) is 23.8 Å². The Bertz CT molecular complexity index is 1400. The summed E-state index contributed by atoms with van der Waals surface area (Å²) in [7, 11) is 0. The molecule has 2 fully saturated rings. The number of amides is 2. The summed E-state index contributed by atoms with van der Waals surface area (Å²) in [4.78, 5) is 26.3. The molecule has 0 saturated heterocycles. The van der Waals surface area contributed by atoms with Crippen LogP contribution in [-0.4, -0.2) is 23.9 Å². The van der Waals surface area contributed by atoms with E-state index in [1.54, 1.807) is 6.07 Å². The van der Waals surface area contributed by atoms with E-state index in [-0.39, 0.29) is 23.9 Å². The van der Waals surface area contributed by atoms with Crippen molar-refractivity contribution >= 4 is 41.3 Å². The lowest BCUT2D eigenvalue weighted by Gasteiger charge is -2.32. The summed E-state index contributed by atoms with van der Waals surface area (Å²) in [6.07, 6.45) is 12.3. The van der Waals surface area contributed by atoms with E-state index in [9.17, 15) is 14.8 Å². The van der Waals surface area contributed by atoms with Crippen LogP contribution in [0.1, 0.15) is 98.2 Å². The Kier molecular flexibility index (Phi) is 9.82. The number of carbonyl (C=O) groups is 2. The number of nitrogens with one attached hydrogen (secondary N) is 4. The quantitative estimate of drug-likeness (QED) is 0.168. The van der Waals surface area contributed by atoms with Gasteiger partial charge in [0.05, 0.1) is 16.8 Å². The molecule has 2 amide bonds. The van der Waals surface area contributed by atoms with Gasteiger partial charge in [0.1, 0.15) is 0 Å². The van der Waals surface area contributed by atoms with E-state index in [4.69, 9.17) is 12.4 Å². The van der Waals surface area contributed by atoms with Crippen LogP contribution in [0.3, 0.4) is 0 Å². The van der Waals surface area contributed by atoms with Crippen molar-refractivity contribution in [1.82, 2.24) is 10.6 Å². The second-order valence-electron chi connectivity index (χ2n) is 13.0. The highest BCUT2D eigenvalue weighted by Crippen LogP contribution is 2.43. The first kappa shape index (κ1) is 31.1. The van der Waals surface area contributed by atoms with Crippen LogP contribution in [0.15, 0.2) is 46.3 Å². The van der Waals surface area contributed by atoms with Crippen LogP contribution in [0.2, 0.25) is 0 Å². The summed E-state index contributed by atoms with van der Waals surface area (Å²) >= 11 is 4.88. The number of nitrogens with zero attached hydrogens (tertiary/aromatic N) is 1. The molecule has 0 spiro atoms. The van der Waals surface area contributed by atoms with E-state index in [1.165, 1.54) is 5.57 Å². The zero-order valence-corrected chi connectivity index (χ0v) is 26.4. The van der Waals surface area contributed by atoms with Crippen LogP contribution in [0.5, 0.6) is 0 Å². The standard InChI is InChI=1S/C34H44N5O3S/c1-21-10-11-23(16-29(21)39-43)20-35-33(41)34(3)14-6-7-25(19-34)24-12-13-27(17-24)36-30-15-22(2)28(18-31(30)38-42)32(40)37-26-8-4-5-9-26/h10-11,15-16,18-19,24,26-27,36,38H,4-9,12-14,17,20H2,1-3H3,(H,35,41)(H,37,40)/q-1. The predicted molar refractivity (Wildman–Crippen MR) is 175 cm³/mol. The second kappa shape index (κ2) is 13.6. The maximum absolute atomic E-state index is 13.4. The molecule has 0 bridgehead atoms. The monoisotopic (exact) mass is 602 g/mol. The number of hydrogen-bond acceptors (Lipinski definition) is 7. The van der Waals surface area contributed by atoms with Gasteiger partial charge in [-0.15, -0.1) is 0 Å². The van der Waals surface area contributed by atoms with Gasteiger partial charge in [-0.1, -0.05) is 36.6 Å². The summed E-state index contributed by atoms with van der Waals surface area (Å²) in [5, 5.41) is 21.8. The minimum Gasteiger partial charge on any atom is -0.761 e. The van der Waals surface area contributed by atoms with E-state index in [0.717, 1.165) is 92.3 Å². The Morgan fingerprint density at radius 3 is 2.53 bits per heavy atom. The van der Waals surface area contributed by atoms with Crippen LogP contribution in [0.4, 0.5) is 17.1 Å². The molecule has 0 aliphatic heterocycles. The fraction of sp³-hybridized carbons (Fsp3) is 0.529. The van der Waals surface area contributed by atoms with Gasteiger partial charge < -0.3 is 26.6 Å². The zero-order valence-electron chi connectivity index (χ0n) is 25.6. The summed E-state index contributed by atoms with van der Waals surface area (Å²) < 4.78 is 3.91. The van der Waals surface area contributed by atoms with Crippen molar-refractivity contribution in [2.75, 3.05) is 10.8 Å². The van der Waals surface area contributed by atoms with Crippen LogP contribution in [0.25, 0.3) is 0 Å². The number of hydrogen-bond donors (Lipinski definition) is 4. The van der Waals surface area contributed by atoms with Gasteiger partial charge in [-0.2, -0.15) is 4.36 Å². The SMILES string of the molecule is Cc1ccc(CNC(=O)C2(C)C=C(C3CCC(Nc4cc(C)c(C(=O)NC5CCCC5)cc4N[O-])C3)CCC2)cc1N=S. The lowest BCUT2D eigenvalue weighted by molar-refractivity contribution is -0.128. The molecule has 2 saturated carbocycles. The first-order valence-electron chi connectivity index (χ1n) is 15.7. The fourth-order valence-electron chi connectivity index (χ4n) is 7.12. The number of aryl methyl sites for hydroxylation is 2. The molecule has 4 N–H and O–H groups in total. The van der Waals surface area contributed by atoms with E-state index in [2.05, 4.69) is 31.9 Å². The van der Waals surface area contributed by atoms with Gasteiger partial charge in [-0.25, -0.2) is 0 Å². The highest BCUT2D eigenvalue weighted by Gasteiger charge is 2.37. The van der Waals surface area contributed by atoms with Crippen molar-refractivity contribution in [3.8, 4) is 0 Å². The summed E-state index contributed by atoms with van der Waals surface area (Å²) in [5.74, 6) is 0.341. The Morgan fingerprint density at radius 2 is 1.79 bits per heavy atom. The van der Waals surface area contributed by atoms with Gasteiger partial charge in [-0.05, 0) is 113 Å². The minimum absolute atomic E-state index is 0.0495. The van der Waals surface area contributed by atoms with Crippen molar-refractivity contribution in [3.05, 3.63) is 69.4 Å². The van der Waals surface area contributed by atoms with Crippen LogP contribution >= 0.6 is 0 Å². The lowest BCUT2D eigenvalue weighted by Crippen LogP contribution is -2.39. The van der Waals surface area contributed by atoms with E-state index >= 15 is 0 Å². The summed E-state index contributed by atoms with van der Waals surface area (Å²) in [6, 6.07) is 9.95. The Morgan fingerprint density at radius 1 is 1.00 bits per heavy atom. The molecule has 43 heavy (non-hydrogen) atoms. The van der Waals surface area contributed by atoms with Crippen molar-refractivity contribution in [3.63, 3.8) is 0 Å². The van der Waals surface area contributed by atoms with Crippen LogP contribution in [0, 0.1) is 30.4 Å². The molecule has 3 aliphatic carbocycles. The molecular weight excluding hydrogens is 558 g/mol. The van der Waals surface area contributed by atoms with E-state index in [0.29, 0.717) is 23.7 Å². The zero-order chi connectivity index (χ0) is 30.6. The molecule has 3 aliphatic rings. The molecule has 0 radical (unpaired) electrons. The lowest BCUT2D eigenvalue weighted by atomic mass is 9.74. The Balaban J connectivity index is 1.21. The third kappa shape index (κ3) is 7.27. The van der Waals surface area contributed by atoms with Gasteiger partial charge in [0.25, 0.3) is 5.91 Å². The molecule has 5 rings (SSSR count). The van der Waals surface area contributed by atoms with Crippen molar-refractivity contribution < 1.29 is 9.59 Å². The highest BCUT2D eigenvalue weighted by molar-refractivity contribution is 7.47. The van der Waals surface area contributed by atoms with E-state index in [1.807, 2.05) is 45.0 Å². The molecule has 8 nitrogen and oxygen atoms in total. The number of rotatable bonds is 10. The third-order valence-corrected chi connectivity index (χ3v) is 9.93. The molecule has 0 aromatic heterocycles. The normalized spacial score (nSPS) is 23.9. The maximum Gasteiger partial charge on any atom is 0.251 e. The second-order valence-corrected chi connectivity index (χ2v) is 13.2. The molecule has 3 atom stereocenters. The van der Waals surface area contributed by atoms with Gasteiger partial charge in [-0.3, -0.25) is 9.59 Å². The highest BCUT2D eigenvalue weighted by atomic mass is 32.1.